The van der Waals surface area contributed by atoms with E-state index in [0.29, 0.717) is 12.0 Å². The van der Waals surface area contributed by atoms with Crippen molar-refractivity contribution < 1.29 is 9.47 Å². The molecule has 1 rings (SSSR count). The topological polar surface area (TPSA) is 30.5 Å². The van der Waals surface area contributed by atoms with Crippen LogP contribution < -0.4 is 14.8 Å². The van der Waals surface area contributed by atoms with E-state index in [2.05, 4.69) is 25.2 Å². The highest BCUT2D eigenvalue weighted by molar-refractivity contribution is 5.41. The Morgan fingerprint density at radius 2 is 1.88 bits per heavy atom. The first-order valence-electron chi connectivity index (χ1n) is 6.00. The molecule has 1 aromatic rings. The van der Waals surface area contributed by atoms with E-state index in [9.17, 15) is 0 Å². The molecule has 0 fully saturated rings. The molecule has 1 unspecified atom stereocenters. The van der Waals surface area contributed by atoms with Gasteiger partial charge in [0.2, 0.25) is 0 Å². The molecule has 1 N–H and O–H groups in total. The number of rotatable bonds is 6. The number of likely N-dealkylation sites (N-methyl/N-ethyl adjacent to an activating group) is 1. The van der Waals surface area contributed by atoms with Crippen LogP contribution in [0.3, 0.4) is 0 Å². The summed E-state index contributed by atoms with van der Waals surface area (Å²) in [5.41, 5.74) is 1.21. The minimum Gasteiger partial charge on any atom is -0.497 e. The van der Waals surface area contributed by atoms with Gasteiger partial charge in [-0.1, -0.05) is 19.9 Å². The molecule has 0 aliphatic carbocycles. The van der Waals surface area contributed by atoms with Crippen molar-refractivity contribution in [1.82, 2.24) is 5.32 Å². The van der Waals surface area contributed by atoms with Crippen LogP contribution in [0.5, 0.6) is 11.5 Å². The van der Waals surface area contributed by atoms with E-state index in [1.807, 2.05) is 19.2 Å². The van der Waals surface area contributed by atoms with E-state index in [1.54, 1.807) is 14.2 Å². The van der Waals surface area contributed by atoms with Crippen LogP contribution in [0.25, 0.3) is 0 Å². The first kappa shape index (κ1) is 13.8. The Labute approximate surface area is 104 Å². The quantitative estimate of drug-likeness (QED) is 0.824. The van der Waals surface area contributed by atoms with Crippen LogP contribution in [0.1, 0.15) is 19.4 Å². The average Bonchev–Trinajstić information content (AvgIpc) is 2.35. The van der Waals surface area contributed by atoms with Gasteiger partial charge in [-0.3, -0.25) is 0 Å². The van der Waals surface area contributed by atoms with Crippen LogP contribution in [0.2, 0.25) is 0 Å². The van der Waals surface area contributed by atoms with Crippen molar-refractivity contribution in [1.29, 1.82) is 0 Å². The molecule has 0 aliphatic rings. The first-order chi connectivity index (χ1) is 8.12. The summed E-state index contributed by atoms with van der Waals surface area (Å²) < 4.78 is 10.6. The molecule has 0 bridgehead atoms. The van der Waals surface area contributed by atoms with Crippen molar-refractivity contribution in [3.63, 3.8) is 0 Å². The third-order valence-electron chi connectivity index (χ3n) is 3.11. The van der Waals surface area contributed by atoms with E-state index in [1.165, 1.54) is 5.56 Å². The van der Waals surface area contributed by atoms with Gasteiger partial charge in [-0.15, -0.1) is 0 Å². The molecule has 17 heavy (non-hydrogen) atoms. The van der Waals surface area contributed by atoms with Gasteiger partial charge in [0.05, 0.1) is 14.2 Å². The molecule has 0 heterocycles. The molecule has 1 atom stereocenters. The predicted molar refractivity (Wildman–Crippen MR) is 70.9 cm³/mol. The second kappa shape index (κ2) is 6.50. The minimum absolute atomic E-state index is 0.456. The van der Waals surface area contributed by atoms with Crippen LogP contribution in [0, 0.1) is 5.92 Å². The zero-order valence-electron chi connectivity index (χ0n) is 11.4. The molecule has 0 saturated carbocycles. The SMILES string of the molecule is CNC(Cc1ccc(OC)cc1OC)C(C)C. The number of benzene rings is 1. The Hall–Kier alpha value is -1.22. The molecule has 0 amide bonds. The molecule has 0 saturated heterocycles. The Morgan fingerprint density at radius 3 is 2.35 bits per heavy atom. The van der Waals surface area contributed by atoms with Crippen molar-refractivity contribution in [2.45, 2.75) is 26.3 Å². The largest absolute Gasteiger partial charge is 0.497 e. The zero-order chi connectivity index (χ0) is 12.8. The van der Waals surface area contributed by atoms with Gasteiger partial charge in [0.1, 0.15) is 11.5 Å². The van der Waals surface area contributed by atoms with E-state index in [0.717, 1.165) is 17.9 Å². The Kier molecular flexibility index (Phi) is 5.29. The summed E-state index contributed by atoms with van der Waals surface area (Å²) in [6.45, 7) is 4.44. The highest BCUT2D eigenvalue weighted by Gasteiger charge is 2.14. The maximum absolute atomic E-state index is 5.41. The maximum atomic E-state index is 5.41. The van der Waals surface area contributed by atoms with Gasteiger partial charge in [-0.05, 0) is 31.0 Å². The fourth-order valence-electron chi connectivity index (χ4n) is 1.93. The van der Waals surface area contributed by atoms with Gasteiger partial charge in [-0.25, -0.2) is 0 Å². The lowest BCUT2D eigenvalue weighted by Gasteiger charge is -2.21. The van der Waals surface area contributed by atoms with E-state index in [-0.39, 0.29) is 0 Å². The average molecular weight is 237 g/mol. The fourth-order valence-corrected chi connectivity index (χ4v) is 1.93. The lowest BCUT2D eigenvalue weighted by Crippen LogP contribution is -2.32. The first-order valence-corrected chi connectivity index (χ1v) is 6.00. The monoisotopic (exact) mass is 237 g/mol. The summed E-state index contributed by atoms with van der Waals surface area (Å²) in [5.74, 6) is 2.31. The van der Waals surface area contributed by atoms with Crippen molar-refractivity contribution in [3.05, 3.63) is 23.8 Å². The molecule has 3 nitrogen and oxygen atoms in total. The summed E-state index contributed by atoms with van der Waals surface area (Å²) in [6.07, 6.45) is 0.960. The molecule has 0 aliphatic heterocycles. The van der Waals surface area contributed by atoms with Crippen molar-refractivity contribution in [2.75, 3.05) is 21.3 Å². The van der Waals surface area contributed by atoms with Gasteiger partial charge in [0, 0.05) is 12.1 Å². The summed E-state index contributed by atoms with van der Waals surface area (Å²) in [6, 6.07) is 6.44. The van der Waals surface area contributed by atoms with Gasteiger partial charge < -0.3 is 14.8 Å². The molecule has 96 valence electrons. The molecule has 0 spiro atoms. The third kappa shape index (κ3) is 3.63. The smallest absolute Gasteiger partial charge is 0.125 e. The predicted octanol–water partition coefficient (Wildman–Crippen LogP) is 2.49. The van der Waals surface area contributed by atoms with Gasteiger partial charge >= 0.3 is 0 Å². The summed E-state index contributed by atoms with van der Waals surface area (Å²) >= 11 is 0. The summed E-state index contributed by atoms with van der Waals surface area (Å²) in [5, 5.41) is 3.34. The van der Waals surface area contributed by atoms with Crippen LogP contribution in [0.4, 0.5) is 0 Å². The normalized spacial score (nSPS) is 12.6. The Morgan fingerprint density at radius 1 is 1.18 bits per heavy atom. The Bertz CT molecular complexity index is 350. The fraction of sp³-hybridized carbons (Fsp3) is 0.571. The van der Waals surface area contributed by atoms with Gasteiger partial charge in [-0.2, -0.15) is 0 Å². The van der Waals surface area contributed by atoms with E-state index >= 15 is 0 Å². The standard InChI is InChI=1S/C14H23NO2/c1-10(2)13(15-3)8-11-6-7-12(16-4)9-14(11)17-5/h6-7,9-10,13,15H,8H2,1-5H3. The van der Waals surface area contributed by atoms with Crippen molar-refractivity contribution >= 4 is 0 Å². The Balaban J connectivity index is 2.89. The molecular weight excluding hydrogens is 214 g/mol. The molecule has 3 heteroatoms. The van der Waals surface area contributed by atoms with Crippen LogP contribution in [0.15, 0.2) is 18.2 Å². The minimum atomic E-state index is 0.456. The van der Waals surface area contributed by atoms with Crippen molar-refractivity contribution in [3.8, 4) is 11.5 Å². The molecule has 0 radical (unpaired) electrons. The number of nitrogens with one attached hydrogen (secondary N) is 1. The third-order valence-corrected chi connectivity index (χ3v) is 3.11. The van der Waals surface area contributed by atoms with Crippen LogP contribution >= 0.6 is 0 Å². The summed E-state index contributed by atoms with van der Waals surface area (Å²) in [4.78, 5) is 0. The number of ether oxygens (including phenoxy) is 2. The summed E-state index contributed by atoms with van der Waals surface area (Å²) in [7, 11) is 5.36. The van der Waals surface area contributed by atoms with Crippen molar-refractivity contribution in [2.24, 2.45) is 5.92 Å². The molecule has 1 aromatic carbocycles. The lowest BCUT2D eigenvalue weighted by atomic mass is 9.96. The van der Waals surface area contributed by atoms with Crippen LogP contribution in [-0.4, -0.2) is 27.3 Å². The van der Waals surface area contributed by atoms with Gasteiger partial charge in [0.15, 0.2) is 0 Å². The highest BCUT2D eigenvalue weighted by Crippen LogP contribution is 2.26. The zero-order valence-corrected chi connectivity index (χ0v) is 11.4. The van der Waals surface area contributed by atoms with Gasteiger partial charge in [0.25, 0.3) is 0 Å². The second-order valence-corrected chi connectivity index (χ2v) is 4.52. The maximum Gasteiger partial charge on any atom is 0.125 e. The van der Waals surface area contributed by atoms with E-state index in [4.69, 9.17) is 9.47 Å². The number of hydrogen-bond donors (Lipinski definition) is 1. The number of hydrogen-bond acceptors (Lipinski definition) is 3. The van der Waals surface area contributed by atoms with E-state index < -0.39 is 0 Å². The highest BCUT2D eigenvalue weighted by atomic mass is 16.5. The number of methoxy groups -OCH3 is 2. The second-order valence-electron chi connectivity index (χ2n) is 4.52. The molecule has 0 aromatic heterocycles. The van der Waals surface area contributed by atoms with Crippen LogP contribution in [-0.2, 0) is 6.42 Å². The molecular formula is C14H23NO2. The lowest BCUT2D eigenvalue weighted by molar-refractivity contribution is 0.381.